The highest BCUT2D eigenvalue weighted by atomic mass is 16.7. The summed E-state index contributed by atoms with van der Waals surface area (Å²) in [4.78, 5) is 29.1. The number of unbranched alkanes of at least 4 members (excludes halogenated alkanes) is 1. The van der Waals surface area contributed by atoms with E-state index in [1.807, 2.05) is 17.6 Å². The Labute approximate surface area is 155 Å². The van der Waals surface area contributed by atoms with Gasteiger partial charge in [0, 0.05) is 19.4 Å². The second-order valence-corrected chi connectivity index (χ2v) is 6.78. The maximum absolute atomic E-state index is 11.4. The molecule has 1 saturated heterocycles. The van der Waals surface area contributed by atoms with E-state index in [1.165, 1.54) is 44.8 Å². The van der Waals surface area contributed by atoms with Crippen molar-refractivity contribution in [2.24, 2.45) is 0 Å². The number of rotatable bonds is 8. The Morgan fingerprint density at radius 1 is 1.19 bits per heavy atom. The van der Waals surface area contributed by atoms with E-state index in [-0.39, 0.29) is 12.3 Å². The van der Waals surface area contributed by atoms with Crippen molar-refractivity contribution in [1.29, 1.82) is 0 Å². The second kappa shape index (κ2) is 10.8. The fraction of sp³-hybridized carbons (Fsp3) is 0.600. The largest absolute Gasteiger partial charge is 0.494 e. The lowest BCUT2D eigenvalue weighted by Gasteiger charge is -2.32. The number of ether oxygens (including phenoxy) is 1. The van der Waals surface area contributed by atoms with Crippen LogP contribution in [0, 0.1) is 0 Å². The van der Waals surface area contributed by atoms with Crippen molar-refractivity contribution in [2.45, 2.75) is 58.4 Å². The molecule has 1 heterocycles. The van der Waals surface area contributed by atoms with Crippen LogP contribution in [-0.2, 0) is 14.4 Å². The second-order valence-electron chi connectivity index (χ2n) is 6.78. The first-order chi connectivity index (χ1) is 12.6. The van der Waals surface area contributed by atoms with Crippen LogP contribution in [-0.4, -0.2) is 36.5 Å². The Morgan fingerprint density at radius 3 is 2.69 bits per heavy atom. The number of hydrogen-bond donors (Lipinski definition) is 1. The quantitative estimate of drug-likeness (QED) is 0.567. The Kier molecular flexibility index (Phi) is 8.41. The van der Waals surface area contributed by atoms with Gasteiger partial charge in [-0.25, -0.2) is 4.79 Å². The average molecular weight is 362 g/mol. The van der Waals surface area contributed by atoms with Crippen molar-refractivity contribution in [3.8, 4) is 5.75 Å². The van der Waals surface area contributed by atoms with Crippen LogP contribution in [0.5, 0.6) is 5.75 Å². The van der Waals surface area contributed by atoms with Crippen LogP contribution in [0.2, 0.25) is 0 Å². The number of benzene rings is 1. The maximum Gasteiger partial charge on any atom is 0.332 e. The lowest BCUT2D eigenvalue weighted by atomic mass is 10.0. The van der Waals surface area contributed by atoms with E-state index in [9.17, 15) is 9.59 Å². The highest BCUT2D eigenvalue weighted by Crippen LogP contribution is 2.26. The van der Waals surface area contributed by atoms with Gasteiger partial charge in [0.2, 0.25) is 5.91 Å². The molecule has 1 aliphatic rings. The Balaban J connectivity index is 1.69. The standard InChI is InChI=1S/C20H30N2O4/c1-16(22-12-5-3-6-13-22)18-9-8-10-19(15-18)25-14-7-4-11-20(24)26-21-17(2)23/h8-10,15-16H,3-7,11-14H2,1-2H3,(H,21,23). The molecule has 0 aliphatic carbocycles. The molecule has 0 spiro atoms. The molecule has 0 aromatic heterocycles. The summed E-state index contributed by atoms with van der Waals surface area (Å²) in [5.41, 5.74) is 3.31. The number of carbonyl (C=O) groups is 2. The minimum absolute atomic E-state index is 0.260. The fourth-order valence-electron chi connectivity index (χ4n) is 3.12. The van der Waals surface area contributed by atoms with Crippen LogP contribution in [0.4, 0.5) is 0 Å². The minimum Gasteiger partial charge on any atom is -0.494 e. The molecular weight excluding hydrogens is 332 g/mol. The third-order valence-electron chi connectivity index (χ3n) is 4.63. The average Bonchev–Trinajstić information content (AvgIpc) is 2.66. The van der Waals surface area contributed by atoms with Gasteiger partial charge in [-0.3, -0.25) is 9.69 Å². The minimum atomic E-state index is -0.433. The van der Waals surface area contributed by atoms with Gasteiger partial charge in [-0.2, -0.15) is 5.48 Å². The zero-order valence-corrected chi connectivity index (χ0v) is 15.8. The van der Waals surface area contributed by atoms with Crippen LogP contribution in [0.15, 0.2) is 24.3 Å². The molecule has 6 heteroatoms. The van der Waals surface area contributed by atoms with Gasteiger partial charge in [0.15, 0.2) is 0 Å². The fourth-order valence-corrected chi connectivity index (χ4v) is 3.12. The van der Waals surface area contributed by atoms with Crippen molar-refractivity contribution >= 4 is 11.9 Å². The number of amides is 1. The molecule has 0 bridgehead atoms. The van der Waals surface area contributed by atoms with Crippen LogP contribution in [0.25, 0.3) is 0 Å². The third-order valence-corrected chi connectivity index (χ3v) is 4.63. The van der Waals surface area contributed by atoms with E-state index in [0.717, 1.165) is 12.2 Å². The Bertz CT molecular complexity index is 585. The summed E-state index contributed by atoms with van der Waals surface area (Å²) in [5.74, 6) is 0.0464. The summed E-state index contributed by atoms with van der Waals surface area (Å²) in [6.45, 7) is 6.43. The van der Waals surface area contributed by atoms with Crippen LogP contribution in [0.3, 0.4) is 0 Å². The van der Waals surface area contributed by atoms with Gasteiger partial charge in [-0.1, -0.05) is 18.6 Å². The first-order valence-corrected chi connectivity index (χ1v) is 9.49. The highest BCUT2D eigenvalue weighted by molar-refractivity contribution is 5.75. The number of likely N-dealkylation sites (tertiary alicyclic amines) is 1. The molecule has 1 amide bonds. The summed E-state index contributed by atoms with van der Waals surface area (Å²) in [6.07, 6.45) is 5.57. The molecule has 1 aromatic rings. The van der Waals surface area contributed by atoms with Gasteiger partial charge < -0.3 is 9.57 Å². The van der Waals surface area contributed by atoms with E-state index < -0.39 is 5.97 Å². The topological polar surface area (TPSA) is 67.9 Å². The number of nitrogens with one attached hydrogen (secondary N) is 1. The van der Waals surface area contributed by atoms with Gasteiger partial charge in [0.05, 0.1) is 6.61 Å². The molecule has 0 saturated carbocycles. The molecule has 26 heavy (non-hydrogen) atoms. The zero-order valence-electron chi connectivity index (χ0n) is 15.8. The molecule has 1 aromatic carbocycles. The van der Waals surface area contributed by atoms with Gasteiger partial charge in [-0.15, -0.1) is 0 Å². The normalized spacial score (nSPS) is 15.9. The van der Waals surface area contributed by atoms with Crippen LogP contribution >= 0.6 is 0 Å². The van der Waals surface area contributed by atoms with Crippen LogP contribution in [0.1, 0.15) is 64.0 Å². The number of piperidine rings is 1. The molecule has 1 aliphatic heterocycles. The predicted molar refractivity (Wildman–Crippen MR) is 99.5 cm³/mol. The molecule has 1 N–H and O–H groups in total. The van der Waals surface area contributed by atoms with E-state index in [0.29, 0.717) is 19.1 Å². The van der Waals surface area contributed by atoms with E-state index in [4.69, 9.17) is 4.74 Å². The van der Waals surface area contributed by atoms with Crippen molar-refractivity contribution < 1.29 is 19.2 Å². The third kappa shape index (κ3) is 7.04. The molecule has 0 radical (unpaired) electrons. The first kappa shape index (κ1) is 20.2. The van der Waals surface area contributed by atoms with Crippen molar-refractivity contribution in [1.82, 2.24) is 10.4 Å². The summed E-state index contributed by atoms with van der Waals surface area (Å²) >= 11 is 0. The molecule has 1 unspecified atom stereocenters. The van der Waals surface area contributed by atoms with Gasteiger partial charge >= 0.3 is 5.97 Å². The number of hydroxylamine groups is 1. The summed E-state index contributed by atoms with van der Waals surface area (Å²) in [7, 11) is 0. The molecule has 1 atom stereocenters. The van der Waals surface area contributed by atoms with Crippen molar-refractivity contribution in [2.75, 3.05) is 19.7 Å². The number of hydrogen-bond acceptors (Lipinski definition) is 5. The van der Waals surface area contributed by atoms with Gasteiger partial charge in [0.25, 0.3) is 0 Å². The van der Waals surface area contributed by atoms with Crippen molar-refractivity contribution in [3.05, 3.63) is 29.8 Å². The SMILES string of the molecule is CC(=O)NOC(=O)CCCCOc1cccc(C(C)N2CCCCC2)c1. The monoisotopic (exact) mass is 362 g/mol. The van der Waals surface area contributed by atoms with E-state index >= 15 is 0 Å². The number of carbonyl (C=O) groups excluding carboxylic acids is 2. The molecular formula is C20H30N2O4. The van der Waals surface area contributed by atoms with Gasteiger partial charge in [0.1, 0.15) is 5.75 Å². The lowest BCUT2D eigenvalue weighted by Crippen LogP contribution is -2.32. The zero-order chi connectivity index (χ0) is 18.8. The Morgan fingerprint density at radius 2 is 1.96 bits per heavy atom. The smallest absolute Gasteiger partial charge is 0.332 e. The Hall–Kier alpha value is -2.08. The first-order valence-electron chi connectivity index (χ1n) is 9.49. The lowest BCUT2D eigenvalue weighted by molar-refractivity contribution is -0.157. The molecule has 6 nitrogen and oxygen atoms in total. The van der Waals surface area contributed by atoms with E-state index in [2.05, 4.69) is 28.8 Å². The summed E-state index contributed by atoms with van der Waals surface area (Å²) < 4.78 is 5.82. The summed E-state index contributed by atoms with van der Waals surface area (Å²) in [5, 5.41) is 0. The highest BCUT2D eigenvalue weighted by Gasteiger charge is 2.18. The predicted octanol–water partition coefficient (Wildman–Crippen LogP) is 3.38. The molecule has 2 rings (SSSR count). The van der Waals surface area contributed by atoms with E-state index in [1.54, 1.807) is 0 Å². The summed E-state index contributed by atoms with van der Waals surface area (Å²) in [6, 6.07) is 8.68. The molecule has 1 fully saturated rings. The van der Waals surface area contributed by atoms with Crippen molar-refractivity contribution in [3.63, 3.8) is 0 Å². The molecule has 144 valence electrons. The van der Waals surface area contributed by atoms with Crippen LogP contribution < -0.4 is 10.2 Å². The number of nitrogens with zero attached hydrogens (tertiary/aromatic N) is 1. The van der Waals surface area contributed by atoms with Gasteiger partial charge in [-0.05, 0) is 63.4 Å². The maximum atomic E-state index is 11.4.